The van der Waals surface area contributed by atoms with E-state index >= 15 is 0 Å². The van der Waals surface area contributed by atoms with E-state index in [0.29, 0.717) is 0 Å². The predicted molar refractivity (Wildman–Crippen MR) is 70.1 cm³/mol. The van der Waals surface area contributed by atoms with Crippen LogP contribution in [0.2, 0.25) is 0 Å². The standard InChI is InChI=1S/C16H16F4O/c1-2-11-13(15(11,17)18)14-12(16(14,19)20)9-21-8-10-6-4-3-5-7-10/h2-7,11-14H,1,8-9H2/t11-,12+,13+,14-/m0/s1. The van der Waals surface area contributed by atoms with Crippen molar-refractivity contribution in [3.63, 3.8) is 0 Å². The minimum atomic E-state index is -3.05. The number of alkyl halides is 4. The third kappa shape index (κ3) is 2.37. The van der Waals surface area contributed by atoms with Gasteiger partial charge in [0.05, 0.1) is 19.1 Å². The normalized spacial score (nSPS) is 35.2. The fraction of sp³-hybridized carbons (Fsp3) is 0.500. The van der Waals surface area contributed by atoms with Crippen LogP contribution in [0.5, 0.6) is 0 Å². The van der Waals surface area contributed by atoms with Crippen molar-refractivity contribution in [1.82, 2.24) is 0 Å². The van der Waals surface area contributed by atoms with Gasteiger partial charge in [0.2, 0.25) is 0 Å². The molecule has 0 N–H and O–H groups in total. The first-order valence-electron chi connectivity index (χ1n) is 6.90. The van der Waals surface area contributed by atoms with Crippen molar-refractivity contribution < 1.29 is 22.3 Å². The zero-order valence-electron chi connectivity index (χ0n) is 11.3. The Morgan fingerprint density at radius 1 is 1.05 bits per heavy atom. The smallest absolute Gasteiger partial charge is 0.258 e. The van der Waals surface area contributed by atoms with E-state index in [1.54, 1.807) is 0 Å². The van der Waals surface area contributed by atoms with Gasteiger partial charge in [0.1, 0.15) is 0 Å². The number of hydrogen-bond donors (Lipinski definition) is 0. The molecule has 1 nitrogen and oxygen atoms in total. The molecular formula is C16H16F4O. The molecule has 3 rings (SSSR count). The van der Waals surface area contributed by atoms with E-state index in [2.05, 4.69) is 6.58 Å². The van der Waals surface area contributed by atoms with E-state index in [1.807, 2.05) is 30.3 Å². The highest BCUT2D eigenvalue weighted by Gasteiger charge is 2.83. The van der Waals surface area contributed by atoms with Crippen LogP contribution in [0.15, 0.2) is 43.0 Å². The maximum atomic E-state index is 13.7. The average Bonchev–Trinajstić information content (AvgIpc) is 3.19. The number of rotatable bonds is 6. The third-order valence-electron chi connectivity index (χ3n) is 4.48. The van der Waals surface area contributed by atoms with Crippen LogP contribution < -0.4 is 0 Å². The Labute approximate surface area is 120 Å². The SMILES string of the molecule is C=C[C@H]1[C@H]([C@@H]2[C@@H](COCc3ccccc3)C2(F)F)C1(F)F. The molecule has 2 fully saturated rings. The molecule has 0 aromatic heterocycles. The first-order chi connectivity index (χ1) is 9.90. The summed E-state index contributed by atoms with van der Waals surface area (Å²) in [5, 5.41) is 0. The Kier molecular flexibility index (Phi) is 3.35. The lowest BCUT2D eigenvalue weighted by Gasteiger charge is -2.03. The lowest BCUT2D eigenvalue weighted by molar-refractivity contribution is 0.0391. The number of ether oxygens (including phenoxy) is 1. The van der Waals surface area contributed by atoms with Crippen molar-refractivity contribution in [1.29, 1.82) is 0 Å². The summed E-state index contributed by atoms with van der Waals surface area (Å²) in [5.41, 5.74) is 0.874. The van der Waals surface area contributed by atoms with E-state index in [4.69, 9.17) is 4.74 Å². The third-order valence-corrected chi connectivity index (χ3v) is 4.48. The Bertz CT molecular complexity index is 528. The van der Waals surface area contributed by atoms with Crippen molar-refractivity contribution in [2.75, 3.05) is 6.61 Å². The van der Waals surface area contributed by atoms with Gasteiger partial charge >= 0.3 is 0 Å². The molecule has 0 aliphatic heterocycles. The predicted octanol–water partition coefficient (Wildman–Crippen LogP) is 4.15. The number of allylic oxidation sites excluding steroid dienone is 1. The highest BCUT2D eigenvalue weighted by molar-refractivity contribution is 5.24. The molecule has 2 aliphatic carbocycles. The van der Waals surface area contributed by atoms with Gasteiger partial charge < -0.3 is 4.74 Å². The van der Waals surface area contributed by atoms with Crippen LogP contribution in [0, 0.1) is 23.7 Å². The van der Waals surface area contributed by atoms with Gasteiger partial charge in [-0.3, -0.25) is 0 Å². The minimum absolute atomic E-state index is 0.191. The van der Waals surface area contributed by atoms with Gasteiger partial charge in [-0.05, 0) is 5.56 Å². The van der Waals surface area contributed by atoms with Crippen LogP contribution in [0.25, 0.3) is 0 Å². The molecule has 2 saturated carbocycles. The van der Waals surface area contributed by atoms with Crippen LogP contribution in [0.1, 0.15) is 5.56 Å². The molecule has 21 heavy (non-hydrogen) atoms. The molecule has 0 saturated heterocycles. The minimum Gasteiger partial charge on any atom is -0.376 e. The molecule has 0 radical (unpaired) electrons. The fourth-order valence-electron chi connectivity index (χ4n) is 3.14. The molecule has 2 aliphatic rings. The molecular weight excluding hydrogens is 284 g/mol. The summed E-state index contributed by atoms with van der Waals surface area (Å²) >= 11 is 0. The molecule has 0 unspecified atom stereocenters. The Morgan fingerprint density at radius 3 is 2.29 bits per heavy atom. The number of hydrogen-bond acceptors (Lipinski definition) is 1. The van der Waals surface area contributed by atoms with Gasteiger partial charge in [0, 0.05) is 17.8 Å². The van der Waals surface area contributed by atoms with E-state index < -0.39 is 35.5 Å². The largest absolute Gasteiger partial charge is 0.376 e. The second kappa shape index (κ2) is 4.83. The Morgan fingerprint density at radius 2 is 1.71 bits per heavy atom. The molecule has 0 amide bonds. The summed E-state index contributed by atoms with van der Waals surface area (Å²) in [4.78, 5) is 0. The highest BCUT2D eigenvalue weighted by atomic mass is 19.3. The molecule has 4 atom stereocenters. The summed E-state index contributed by atoms with van der Waals surface area (Å²) in [6, 6.07) is 9.15. The summed E-state index contributed by atoms with van der Waals surface area (Å²) < 4.78 is 59.5. The van der Waals surface area contributed by atoms with Gasteiger partial charge in [-0.25, -0.2) is 17.6 Å². The van der Waals surface area contributed by atoms with Crippen molar-refractivity contribution >= 4 is 0 Å². The van der Waals surface area contributed by atoms with Gasteiger partial charge in [-0.2, -0.15) is 0 Å². The summed E-state index contributed by atoms with van der Waals surface area (Å²) in [7, 11) is 0. The quantitative estimate of drug-likeness (QED) is 0.566. The fourth-order valence-corrected chi connectivity index (χ4v) is 3.14. The molecule has 0 heterocycles. The zero-order chi connectivity index (χ0) is 15.3. The van der Waals surface area contributed by atoms with Crippen LogP contribution in [0.4, 0.5) is 17.6 Å². The van der Waals surface area contributed by atoms with Crippen molar-refractivity contribution in [3.05, 3.63) is 48.6 Å². The van der Waals surface area contributed by atoms with Crippen LogP contribution in [-0.4, -0.2) is 18.5 Å². The molecule has 114 valence electrons. The molecule has 1 aromatic rings. The Hall–Kier alpha value is -1.36. The van der Waals surface area contributed by atoms with Gasteiger partial charge in [-0.1, -0.05) is 36.4 Å². The molecule has 1 aromatic carbocycles. The zero-order valence-corrected chi connectivity index (χ0v) is 11.3. The Balaban J connectivity index is 1.54. The van der Waals surface area contributed by atoms with Crippen molar-refractivity contribution in [2.45, 2.75) is 18.5 Å². The summed E-state index contributed by atoms with van der Waals surface area (Å²) in [5.74, 6) is -10.9. The lowest BCUT2D eigenvalue weighted by Crippen LogP contribution is -2.03. The first kappa shape index (κ1) is 14.6. The molecule has 0 bridgehead atoms. The highest BCUT2D eigenvalue weighted by Crippen LogP contribution is 2.72. The van der Waals surface area contributed by atoms with Gasteiger partial charge in [0.15, 0.2) is 0 Å². The van der Waals surface area contributed by atoms with E-state index in [0.717, 1.165) is 11.6 Å². The van der Waals surface area contributed by atoms with Crippen LogP contribution in [-0.2, 0) is 11.3 Å². The van der Waals surface area contributed by atoms with Crippen LogP contribution in [0.3, 0.4) is 0 Å². The monoisotopic (exact) mass is 300 g/mol. The average molecular weight is 300 g/mol. The topological polar surface area (TPSA) is 9.23 Å². The van der Waals surface area contributed by atoms with Crippen molar-refractivity contribution in [3.8, 4) is 0 Å². The first-order valence-corrected chi connectivity index (χ1v) is 6.90. The molecule has 5 heteroatoms. The van der Waals surface area contributed by atoms with Crippen LogP contribution >= 0.6 is 0 Å². The van der Waals surface area contributed by atoms with E-state index in [1.165, 1.54) is 0 Å². The second-order valence-electron chi connectivity index (χ2n) is 5.77. The van der Waals surface area contributed by atoms with Crippen molar-refractivity contribution in [2.24, 2.45) is 23.7 Å². The maximum Gasteiger partial charge on any atom is 0.258 e. The molecule has 0 spiro atoms. The second-order valence-corrected chi connectivity index (χ2v) is 5.77. The van der Waals surface area contributed by atoms with Gasteiger partial charge in [-0.15, -0.1) is 6.58 Å². The number of benzene rings is 1. The lowest BCUT2D eigenvalue weighted by atomic mass is 10.2. The van der Waals surface area contributed by atoms with E-state index in [-0.39, 0.29) is 13.2 Å². The van der Waals surface area contributed by atoms with Gasteiger partial charge in [0.25, 0.3) is 11.8 Å². The summed E-state index contributed by atoms with van der Waals surface area (Å²) in [6.07, 6.45) is 1.08. The number of halogens is 4. The summed E-state index contributed by atoms with van der Waals surface area (Å²) in [6.45, 7) is 3.32. The van der Waals surface area contributed by atoms with E-state index in [9.17, 15) is 17.6 Å². The maximum absolute atomic E-state index is 13.7.